The van der Waals surface area contributed by atoms with Gasteiger partial charge in [0, 0.05) is 0 Å². The Bertz CT molecular complexity index is 150. The molecule has 1 N–H and O–H groups in total. The second-order valence-corrected chi connectivity index (χ2v) is 4.84. The van der Waals surface area contributed by atoms with Crippen LogP contribution in [0.5, 0.6) is 0 Å². The molecule has 0 saturated heterocycles. The first-order valence-electron chi connectivity index (χ1n) is 4.69. The minimum Gasteiger partial charge on any atom is -0.393 e. The van der Waals surface area contributed by atoms with E-state index in [-0.39, 0.29) is 12.2 Å². The summed E-state index contributed by atoms with van der Waals surface area (Å²) in [6, 6.07) is 0. The first-order chi connectivity index (χ1) is 5.71. The molecule has 0 aromatic carbocycles. The molecule has 80 valence electrons. The van der Waals surface area contributed by atoms with Gasteiger partial charge in [-0.2, -0.15) is 0 Å². The summed E-state index contributed by atoms with van der Waals surface area (Å²) in [4.78, 5) is 10.4. The van der Waals surface area contributed by atoms with Crippen LogP contribution in [0.15, 0.2) is 0 Å². The summed E-state index contributed by atoms with van der Waals surface area (Å²) in [5.41, 5.74) is -0.960. The number of aliphatic hydroxyl groups excluding tert-OH is 1. The van der Waals surface area contributed by atoms with Crippen LogP contribution in [0.4, 0.5) is 0 Å². The monoisotopic (exact) mass is 190 g/mol. The molecule has 3 nitrogen and oxygen atoms in total. The van der Waals surface area contributed by atoms with Crippen molar-refractivity contribution in [2.24, 2.45) is 5.92 Å². The van der Waals surface area contributed by atoms with E-state index in [1.54, 1.807) is 13.8 Å². The normalized spacial score (nSPS) is 13.8. The van der Waals surface area contributed by atoms with Gasteiger partial charge in [-0.25, -0.2) is 9.78 Å². The van der Waals surface area contributed by atoms with Crippen LogP contribution < -0.4 is 0 Å². The van der Waals surface area contributed by atoms with Crippen molar-refractivity contribution in [2.45, 2.75) is 52.7 Å². The van der Waals surface area contributed by atoms with Gasteiger partial charge in [0.05, 0.1) is 6.61 Å². The van der Waals surface area contributed by atoms with Crippen LogP contribution in [0, 0.1) is 5.92 Å². The molecule has 0 saturated carbocycles. The van der Waals surface area contributed by atoms with Crippen LogP contribution in [-0.4, -0.2) is 22.9 Å². The molecule has 0 unspecified atom stereocenters. The number of rotatable bonds is 5. The van der Waals surface area contributed by atoms with Crippen LogP contribution >= 0.6 is 0 Å². The van der Waals surface area contributed by atoms with Gasteiger partial charge in [0.1, 0.15) is 11.2 Å². The van der Waals surface area contributed by atoms with E-state index in [9.17, 15) is 0 Å². The summed E-state index contributed by atoms with van der Waals surface area (Å²) in [5, 5.41) is 8.92. The third-order valence-electron chi connectivity index (χ3n) is 2.25. The van der Waals surface area contributed by atoms with Gasteiger partial charge in [0.15, 0.2) is 0 Å². The molecule has 0 aromatic rings. The largest absolute Gasteiger partial charge is 0.393 e. The SMILES string of the molecule is CC(C)C(C)(C)OOC(C)(C)CO. The second-order valence-electron chi connectivity index (χ2n) is 4.84. The molecule has 0 aliphatic carbocycles. The number of hydrogen-bond acceptors (Lipinski definition) is 3. The van der Waals surface area contributed by atoms with E-state index < -0.39 is 5.60 Å². The quantitative estimate of drug-likeness (QED) is 0.533. The zero-order valence-electron chi connectivity index (χ0n) is 9.55. The molecular formula is C10H22O3. The van der Waals surface area contributed by atoms with Gasteiger partial charge in [-0.3, -0.25) is 0 Å². The van der Waals surface area contributed by atoms with E-state index in [2.05, 4.69) is 13.8 Å². The Hall–Kier alpha value is -0.120. The third kappa shape index (κ3) is 4.60. The van der Waals surface area contributed by atoms with E-state index in [0.29, 0.717) is 5.92 Å². The van der Waals surface area contributed by atoms with Gasteiger partial charge in [-0.1, -0.05) is 13.8 Å². The molecular weight excluding hydrogens is 168 g/mol. The van der Waals surface area contributed by atoms with Gasteiger partial charge in [-0.15, -0.1) is 0 Å². The second kappa shape index (κ2) is 4.40. The Labute approximate surface area is 81.0 Å². The molecule has 0 atom stereocenters. The van der Waals surface area contributed by atoms with Gasteiger partial charge in [-0.05, 0) is 33.6 Å². The van der Waals surface area contributed by atoms with Crippen LogP contribution in [-0.2, 0) is 9.78 Å². The molecule has 0 fully saturated rings. The molecule has 0 spiro atoms. The zero-order chi connectivity index (χ0) is 10.7. The summed E-state index contributed by atoms with van der Waals surface area (Å²) in [5.74, 6) is 0.363. The molecule has 0 radical (unpaired) electrons. The van der Waals surface area contributed by atoms with Crippen molar-refractivity contribution in [3.63, 3.8) is 0 Å². The van der Waals surface area contributed by atoms with E-state index in [1.807, 2.05) is 13.8 Å². The maximum Gasteiger partial charge on any atom is 0.121 e. The summed E-state index contributed by atoms with van der Waals surface area (Å²) >= 11 is 0. The third-order valence-corrected chi connectivity index (χ3v) is 2.25. The molecule has 0 amide bonds. The van der Waals surface area contributed by atoms with Crippen LogP contribution in [0.3, 0.4) is 0 Å². The lowest BCUT2D eigenvalue weighted by molar-refractivity contribution is -0.411. The predicted molar refractivity (Wildman–Crippen MR) is 52.3 cm³/mol. The predicted octanol–water partition coefficient (Wildman–Crippen LogP) is 2.14. The highest BCUT2D eigenvalue weighted by molar-refractivity contribution is 4.71. The fraction of sp³-hybridized carbons (Fsp3) is 1.00. The van der Waals surface area contributed by atoms with Crippen molar-refractivity contribution in [1.82, 2.24) is 0 Å². The Balaban J connectivity index is 4.02. The van der Waals surface area contributed by atoms with E-state index in [0.717, 1.165) is 0 Å². The first-order valence-corrected chi connectivity index (χ1v) is 4.69. The minimum absolute atomic E-state index is 0.0544. The summed E-state index contributed by atoms with van der Waals surface area (Å²) in [6.45, 7) is 11.6. The highest BCUT2D eigenvalue weighted by Gasteiger charge is 2.28. The minimum atomic E-state index is -0.633. The van der Waals surface area contributed by atoms with Crippen molar-refractivity contribution >= 4 is 0 Å². The zero-order valence-corrected chi connectivity index (χ0v) is 9.55. The van der Waals surface area contributed by atoms with Gasteiger partial charge < -0.3 is 5.11 Å². The molecule has 0 aliphatic rings. The highest BCUT2D eigenvalue weighted by Crippen LogP contribution is 2.23. The fourth-order valence-electron chi connectivity index (χ4n) is 0.343. The fourth-order valence-corrected chi connectivity index (χ4v) is 0.343. The van der Waals surface area contributed by atoms with Crippen LogP contribution in [0.2, 0.25) is 0 Å². The van der Waals surface area contributed by atoms with Gasteiger partial charge >= 0.3 is 0 Å². The number of aliphatic hydroxyl groups is 1. The summed E-state index contributed by atoms with van der Waals surface area (Å²) in [7, 11) is 0. The average Bonchev–Trinajstić information content (AvgIpc) is 2.01. The van der Waals surface area contributed by atoms with Crippen molar-refractivity contribution in [2.75, 3.05) is 6.61 Å². The molecule has 3 heteroatoms. The van der Waals surface area contributed by atoms with Crippen molar-refractivity contribution in [3.05, 3.63) is 0 Å². The maximum atomic E-state index is 8.92. The van der Waals surface area contributed by atoms with Crippen molar-refractivity contribution in [3.8, 4) is 0 Å². The average molecular weight is 190 g/mol. The van der Waals surface area contributed by atoms with Gasteiger partial charge in [0.25, 0.3) is 0 Å². The molecule has 0 bridgehead atoms. The molecule has 0 aromatic heterocycles. The van der Waals surface area contributed by atoms with E-state index in [4.69, 9.17) is 14.9 Å². The Morgan fingerprint density at radius 1 is 1.08 bits per heavy atom. The lowest BCUT2D eigenvalue weighted by Gasteiger charge is -2.32. The van der Waals surface area contributed by atoms with E-state index >= 15 is 0 Å². The van der Waals surface area contributed by atoms with Crippen molar-refractivity contribution < 1.29 is 14.9 Å². The summed E-state index contributed by atoms with van der Waals surface area (Å²) < 4.78 is 0. The molecule has 0 rings (SSSR count). The van der Waals surface area contributed by atoms with Crippen molar-refractivity contribution in [1.29, 1.82) is 0 Å². The number of hydrogen-bond donors (Lipinski definition) is 1. The Kier molecular flexibility index (Phi) is 4.36. The lowest BCUT2D eigenvalue weighted by atomic mass is 9.95. The molecule has 0 aliphatic heterocycles. The van der Waals surface area contributed by atoms with E-state index in [1.165, 1.54) is 0 Å². The van der Waals surface area contributed by atoms with Gasteiger partial charge in [0.2, 0.25) is 0 Å². The first kappa shape index (κ1) is 12.9. The standard InChI is InChI=1S/C10H22O3/c1-8(2)10(5,6)13-12-9(3,4)7-11/h8,11H,7H2,1-6H3. The molecule has 13 heavy (non-hydrogen) atoms. The van der Waals surface area contributed by atoms with Crippen LogP contribution in [0.1, 0.15) is 41.5 Å². The molecule has 0 heterocycles. The Morgan fingerprint density at radius 3 is 1.85 bits per heavy atom. The topological polar surface area (TPSA) is 38.7 Å². The lowest BCUT2D eigenvalue weighted by Crippen LogP contribution is -2.37. The smallest absolute Gasteiger partial charge is 0.121 e. The summed E-state index contributed by atoms with van der Waals surface area (Å²) in [6.07, 6.45) is 0. The van der Waals surface area contributed by atoms with Crippen LogP contribution in [0.25, 0.3) is 0 Å². The Morgan fingerprint density at radius 2 is 1.54 bits per heavy atom. The maximum absolute atomic E-state index is 8.92. The highest BCUT2D eigenvalue weighted by atomic mass is 17.2.